The van der Waals surface area contributed by atoms with E-state index in [1.165, 1.54) is 4.31 Å². The third-order valence-electron chi connectivity index (χ3n) is 8.55. The van der Waals surface area contributed by atoms with Gasteiger partial charge in [0.1, 0.15) is 0 Å². The quantitative estimate of drug-likeness (QED) is 0.484. The molecular formula is C21H37NO4SSi. The molecule has 2 saturated carbocycles. The molecule has 160 valence electrons. The summed E-state index contributed by atoms with van der Waals surface area (Å²) in [5.74, 6) is 0.290. The minimum atomic E-state index is -3.58. The van der Waals surface area contributed by atoms with Crippen molar-refractivity contribution in [2.24, 2.45) is 16.7 Å². The number of rotatable bonds is 5. The van der Waals surface area contributed by atoms with E-state index in [1.54, 1.807) is 6.08 Å². The van der Waals surface area contributed by atoms with E-state index in [-0.39, 0.29) is 40.0 Å². The van der Waals surface area contributed by atoms with E-state index < -0.39 is 24.4 Å². The molecule has 0 aromatic carbocycles. The zero-order chi connectivity index (χ0) is 21.3. The van der Waals surface area contributed by atoms with Gasteiger partial charge < -0.3 is 4.43 Å². The summed E-state index contributed by atoms with van der Waals surface area (Å²) in [5, 5.41) is 0.00964. The van der Waals surface area contributed by atoms with Crippen LogP contribution in [0.4, 0.5) is 0 Å². The summed E-state index contributed by atoms with van der Waals surface area (Å²) < 4.78 is 33.7. The maximum atomic E-state index is 13.2. The van der Waals surface area contributed by atoms with Gasteiger partial charge in [-0.3, -0.25) is 4.79 Å². The number of hydrogen-bond acceptors (Lipinski definition) is 4. The second kappa shape index (κ2) is 6.42. The SMILES string of the molecule is C=C[C@@H](CC(=O)N1[C@H]2C[C@H]3CC[C@@]2(CS1(=O)=O)C3(C)C)O[Si](C)(C)C(C)(C)C. The Morgan fingerprint density at radius 1 is 1.36 bits per heavy atom. The first kappa shape index (κ1) is 22.0. The van der Waals surface area contributed by atoms with Gasteiger partial charge in [-0.1, -0.05) is 40.7 Å². The van der Waals surface area contributed by atoms with Gasteiger partial charge >= 0.3 is 0 Å². The van der Waals surface area contributed by atoms with Crippen LogP contribution in [-0.4, -0.2) is 44.8 Å². The molecule has 2 aliphatic carbocycles. The van der Waals surface area contributed by atoms with Gasteiger partial charge in [-0.15, -0.1) is 6.58 Å². The van der Waals surface area contributed by atoms with Crippen LogP contribution in [0.1, 0.15) is 60.3 Å². The van der Waals surface area contributed by atoms with Gasteiger partial charge in [-0.25, -0.2) is 12.7 Å². The summed E-state index contributed by atoms with van der Waals surface area (Å²) in [7, 11) is -5.67. The molecule has 0 radical (unpaired) electrons. The molecule has 3 aliphatic rings. The van der Waals surface area contributed by atoms with Crippen molar-refractivity contribution in [3.8, 4) is 0 Å². The van der Waals surface area contributed by atoms with Crippen LogP contribution in [0.3, 0.4) is 0 Å². The fraction of sp³-hybridized carbons (Fsp3) is 0.857. The highest BCUT2D eigenvalue weighted by molar-refractivity contribution is 7.90. The first-order valence-corrected chi connectivity index (χ1v) is 15.0. The van der Waals surface area contributed by atoms with Crippen LogP contribution in [0.5, 0.6) is 0 Å². The van der Waals surface area contributed by atoms with Crippen LogP contribution in [0.25, 0.3) is 0 Å². The van der Waals surface area contributed by atoms with E-state index in [0.29, 0.717) is 5.92 Å². The molecule has 3 rings (SSSR count). The van der Waals surface area contributed by atoms with Crippen LogP contribution in [0.15, 0.2) is 12.7 Å². The van der Waals surface area contributed by atoms with Gasteiger partial charge in [0.25, 0.3) is 0 Å². The fourth-order valence-corrected chi connectivity index (χ4v) is 9.46. The smallest absolute Gasteiger partial charge is 0.239 e. The third kappa shape index (κ3) is 3.03. The van der Waals surface area contributed by atoms with E-state index in [2.05, 4.69) is 54.3 Å². The molecule has 0 aromatic heterocycles. The Bertz CT molecular complexity index is 783. The Balaban J connectivity index is 1.82. The normalized spacial score (nSPS) is 34.3. The first-order chi connectivity index (χ1) is 12.6. The summed E-state index contributed by atoms with van der Waals surface area (Å²) in [6, 6.07) is -0.183. The van der Waals surface area contributed by atoms with E-state index in [9.17, 15) is 13.2 Å². The molecule has 28 heavy (non-hydrogen) atoms. The van der Waals surface area contributed by atoms with Gasteiger partial charge in [-0.05, 0) is 48.7 Å². The van der Waals surface area contributed by atoms with E-state index >= 15 is 0 Å². The topological polar surface area (TPSA) is 63.7 Å². The maximum absolute atomic E-state index is 13.2. The number of fused-ring (bicyclic) bond motifs is 1. The van der Waals surface area contributed by atoms with Gasteiger partial charge in [0.05, 0.1) is 24.3 Å². The lowest BCUT2D eigenvalue weighted by molar-refractivity contribution is -0.130. The highest BCUT2D eigenvalue weighted by Gasteiger charge is 2.72. The lowest BCUT2D eigenvalue weighted by Crippen LogP contribution is -2.47. The number of hydrogen-bond donors (Lipinski definition) is 0. The van der Waals surface area contributed by atoms with Gasteiger partial charge in [-0.2, -0.15) is 0 Å². The Morgan fingerprint density at radius 3 is 2.46 bits per heavy atom. The average molecular weight is 428 g/mol. The summed E-state index contributed by atoms with van der Waals surface area (Å²) >= 11 is 0. The van der Waals surface area contributed by atoms with Crippen LogP contribution >= 0.6 is 0 Å². The molecule has 1 spiro atoms. The largest absolute Gasteiger partial charge is 0.410 e. The summed E-state index contributed by atoms with van der Waals surface area (Å²) in [6.07, 6.45) is 4.04. The summed E-state index contributed by atoms with van der Waals surface area (Å²) in [4.78, 5) is 13.2. The summed E-state index contributed by atoms with van der Waals surface area (Å²) in [6.45, 7) is 18.9. The molecule has 7 heteroatoms. The Morgan fingerprint density at radius 2 is 1.96 bits per heavy atom. The molecule has 5 nitrogen and oxygen atoms in total. The standard InChI is InChI=1S/C21H37NO4SSi/c1-9-16(26-28(7,8)19(2,3)4)13-18(23)22-17-12-15-10-11-21(17,20(15,5)6)14-27(22,24)25/h9,15-17H,1,10-14H2,2-8H3/t15-,16+,17+,21+/m1/s1. The highest BCUT2D eigenvalue weighted by Crippen LogP contribution is 2.70. The molecule has 1 heterocycles. The molecule has 0 N–H and O–H groups in total. The van der Waals surface area contributed by atoms with Crippen molar-refractivity contribution in [3.05, 3.63) is 12.7 Å². The second-order valence-electron chi connectivity index (χ2n) is 11.2. The third-order valence-corrected chi connectivity index (χ3v) is 15.0. The Hall–Kier alpha value is -0.663. The zero-order valence-corrected chi connectivity index (χ0v) is 20.4. The molecule has 2 bridgehead atoms. The molecule has 0 aromatic rings. The Labute approximate surface area is 172 Å². The lowest BCUT2D eigenvalue weighted by Gasteiger charge is -2.39. The predicted octanol–water partition coefficient (Wildman–Crippen LogP) is 4.32. The van der Waals surface area contributed by atoms with Crippen molar-refractivity contribution in [2.75, 3.05) is 5.75 Å². The Kier molecular flexibility index (Phi) is 5.05. The maximum Gasteiger partial charge on any atom is 0.239 e. The monoisotopic (exact) mass is 427 g/mol. The molecule has 1 aliphatic heterocycles. The predicted molar refractivity (Wildman–Crippen MR) is 115 cm³/mol. The molecule has 1 amide bonds. The van der Waals surface area contributed by atoms with E-state index in [1.807, 2.05) is 0 Å². The fourth-order valence-electron chi connectivity index (χ4n) is 5.61. The number of carbonyl (C=O) groups excluding carboxylic acids is 1. The molecule has 4 atom stereocenters. The van der Waals surface area contributed by atoms with Crippen LogP contribution in [0, 0.1) is 16.7 Å². The first-order valence-electron chi connectivity index (χ1n) is 10.4. The number of sulfonamides is 1. The number of carbonyl (C=O) groups is 1. The van der Waals surface area contributed by atoms with Crippen molar-refractivity contribution in [3.63, 3.8) is 0 Å². The van der Waals surface area contributed by atoms with Crippen molar-refractivity contribution in [2.45, 2.75) is 90.6 Å². The van der Waals surface area contributed by atoms with Gasteiger partial charge in [0, 0.05) is 5.41 Å². The minimum Gasteiger partial charge on any atom is -0.410 e. The highest BCUT2D eigenvalue weighted by atomic mass is 32.2. The number of amides is 1. The minimum absolute atomic E-state index is 0.00964. The average Bonchev–Trinajstić information content (AvgIpc) is 2.99. The van der Waals surface area contributed by atoms with Crippen LogP contribution in [-0.2, 0) is 19.2 Å². The summed E-state index contributed by atoms with van der Waals surface area (Å²) in [5.41, 5.74) is -0.314. The van der Waals surface area contributed by atoms with E-state index in [0.717, 1.165) is 19.3 Å². The number of nitrogens with zero attached hydrogens (tertiary/aromatic N) is 1. The van der Waals surface area contributed by atoms with Gasteiger partial charge in [0.2, 0.25) is 15.9 Å². The molecule has 1 saturated heterocycles. The molecule has 0 unspecified atom stereocenters. The molecule has 3 fully saturated rings. The van der Waals surface area contributed by atoms with Crippen LogP contribution in [0.2, 0.25) is 18.1 Å². The van der Waals surface area contributed by atoms with Gasteiger partial charge in [0.15, 0.2) is 8.32 Å². The van der Waals surface area contributed by atoms with Crippen LogP contribution < -0.4 is 0 Å². The van der Waals surface area contributed by atoms with E-state index in [4.69, 9.17) is 4.43 Å². The molecular weight excluding hydrogens is 390 g/mol. The van der Waals surface area contributed by atoms with Crippen molar-refractivity contribution >= 4 is 24.2 Å². The van der Waals surface area contributed by atoms with Crippen molar-refractivity contribution < 1.29 is 17.6 Å². The zero-order valence-electron chi connectivity index (χ0n) is 18.5. The second-order valence-corrected chi connectivity index (χ2v) is 17.8. The lowest BCUT2D eigenvalue weighted by atomic mass is 9.69. The van der Waals surface area contributed by atoms with Crippen molar-refractivity contribution in [1.29, 1.82) is 0 Å². The van der Waals surface area contributed by atoms with Crippen molar-refractivity contribution in [1.82, 2.24) is 4.31 Å².